The first kappa shape index (κ1) is 25.8. The average Bonchev–Trinajstić information content (AvgIpc) is 3.30. The molecule has 3 N–H and O–H groups in total. The number of nitrogens with one attached hydrogen (secondary N) is 2. The van der Waals surface area contributed by atoms with Gasteiger partial charge in [-0.25, -0.2) is 19.7 Å². The number of carbonyl (C=O) groups is 1. The molecule has 1 fully saturated rings. The third-order valence-electron chi connectivity index (χ3n) is 5.76. The average molecular weight is 521 g/mol. The van der Waals surface area contributed by atoms with Gasteiger partial charge < -0.3 is 20.6 Å². The van der Waals surface area contributed by atoms with E-state index in [4.69, 9.17) is 0 Å². The quantitative estimate of drug-likeness (QED) is 0.434. The number of alkyl halides is 3. The van der Waals surface area contributed by atoms with Crippen molar-refractivity contribution in [2.45, 2.75) is 51.4 Å². The zero-order chi connectivity index (χ0) is 26.1. The molecule has 2 amide bonds. The molecule has 3 heterocycles. The number of carbonyl (C=O) groups excluding carboxylic acids is 1. The minimum atomic E-state index is -4.56. The van der Waals surface area contributed by atoms with Gasteiger partial charge in [-0.15, -0.1) is 11.3 Å². The zero-order valence-electron chi connectivity index (χ0n) is 20.1. The lowest BCUT2D eigenvalue weighted by molar-refractivity contribution is -0.141. The van der Waals surface area contributed by atoms with Crippen LogP contribution in [0.3, 0.4) is 0 Å². The summed E-state index contributed by atoms with van der Waals surface area (Å²) in [6.07, 6.45) is -1.08. The maximum Gasteiger partial charge on any atom is 0.433 e. The Balaban J connectivity index is 1.50. The predicted molar refractivity (Wildman–Crippen MR) is 131 cm³/mol. The minimum Gasteiger partial charge on any atom is -0.383 e. The van der Waals surface area contributed by atoms with Crippen molar-refractivity contribution in [2.24, 2.45) is 0 Å². The third kappa shape index (κ3) is 5.93. The number of nitrogens with zero attached hydrogens (tertiary/aromatic N) is 4. The van der Waals surface area contributed by atoms with Crippen molar-refractivity contribution in [3.63, 3.8) is 0 Å². The number of aromatic nitrogens is 3. The van der Waals surface area contributed by atoms with Gasteiger partial charge in [-0.2, -0.15) is 13.2 Å². The molecule has 0 radical (unpaired) electrons. The van der Waals surface area contributed by atoms with Crippen LogP contribution in [0.15, 0.2) is 36.7 Å². The van der Waals surface area contributed by atoms with Crippen LogP contribution in [0, 0.1) is 6.92 Å². The van der Waals surface area contributed by atoms with Gasteiger partial charge >= 0.3 is 12.2 Å². The highest BCUT2D eigenvalue weighted by Crippen LogP contribution is 2.39. The van der Waals surface area contributed by atoms with Crippen LogP contribution in [0.25, 0.3) is 10.4 Å². The molecule has 0 atom stereocenters. The van der Waals surface area contributed by atoms with Crippen molar-refractivity contribution < 1.29 is 23.1 Å². The first-order valence-corrected chi connectivity index (χ1v) is 12.3. The molecule has 12 heteroatoms. The van der Waals surface area contributed by atoms with Gasteiger partial charge in [0.2, 0.25) is 5.95 Å². The summed E-state index contributed by atoms with van der Waals surface area (Å²) in [5.74, 6) is -0.158. The fourth-order valence-corrected chi connectivity index (χ4v) is 5.01. The van der Waals surface area contributed by atoms with Gasteiger partial charge in [0.1, 0.15) is 16.3 Å². The molecule has 3 aromatic rings. The van der Waals surface area contributed by atoms with Crippen molar-refractivity contribution in [2.75, 3.05) is 18.4 Å². The van der Waals surface area contributed by atoms with Gasteiger partial charge in [0, 0.05) is 50.1 Å². The highest BCUT2D eigenvalue weighted by molar-refractivity contribution is 7.15. The number of rotatable bonds is 5. The number of aryl methyl sites for hydroxylation is 1. The van der Waals surface area contributed by atoms with Crippen LogP contribution in [0.5, 0.6) is 0 Å². The van der Waals surface area contributed by atoms with Crippen LogP contribution in [0.2, 0.25) is 0 Å². The molecule has 8 nitrogen and oxygen atoms in total. The van der Waals surface area contributed by atoms with Gasteiger partial charge in [-0.05, 0) is 50.1 Å². The Kier molecular flexibility index (Phi) is 7.19. The lowest BCUT2D eigenvalue weighted by Gasteiger charge is -2.37. The van der Waals surface area contributed by atoms with Crippen molar-refractivity contribution in [3.8, 4) is 10.4 Å². The van der Waals surface area contributed by atoms with Crippen LogP contribution in [0.4, 0.5) is 29.6 Å². The van der Waals surface area contributed by atoms with Crippen molar-refractivity contribution >= 4 is 29.0 Å². The Morgan fingerprint density at radius 2 is 1.92 bits per heavy atom. The molecule has 1 aliphatic rings. The number of likely N-dealkylation sites (tertiary alicyclic amines) is 1. The summed E-state index contributed by atoms with van der Waals surface area (Å²) in [5, 5.41) is 17.5. The van der Waals surface area contributed by atoms with E-state index in [0.717, 1.165) is 28.3 Å². The van der Waals surface area contributed by atoms with Gasteiger partial charge in [-0.3, -0.25) is 0 Å². The molecule has 36 heavy (non-hydrogen) atoms. The minimum absolute atomic E-state index is 0.0358. The predicted octanol–water partition coefficient (Wildman–Crippen LogP) is 5.07. The maximum atomic E-state index is 13.0. The van der Waals surface area contributed by atoms with E-state index in [0.29, 0.717) is 36.6 Å². The van der Waals surface area contributed by atoms with Gasteiger partial charge in [0.25, 0.3) is 0 Å². The number of amides is 2. The van der Waals surface area contributed by atoms with Crippen molar-refractivity contribution in [3.05, 3.63) is 52.9 Å². The summed E-state index contributed by atoms with van der Waals surface area (Å²) < 4.78 is 39.0. The molecule has 0 bridgehead atoms. The first-order valence-electron chi connectivity index (χ1n) is 11.5. The number of halogens is 3. The van der Waals surface area contributed by atoms with Crippen molar-refractivity contribution in [1.29, 1.82) is 0 Å². The number of hydrogen-bond donors (Lipinski definition) is 3. The third-order valence-corrected chi connectivity index (χ3v) is 7.00. The highest BCUT2D eigenvalue weighted by Gasteiger charge is 2.38. The van der Waals surface area contributed by atoms with Gasteiger partial charge in [0.05, 0.1) is 4.88 Å². The van der Waals surface area contributed by atoms with E-state index in [2.05, 4.69) is 25.6 Å². The smallest absolute Gasteiger partial charge is 0.383 e. The van der Waals surface area contributed by atoms with Gasteiger partial charge in [0.15, 0.2) is 0 Å². The Morgan fingerprint density at radius 3 is 2.58 bits per heavy atom. The lowest BCUT2D eigenvalue weighted by Crippen LogP contribution is -2.50. The Hall–Kier alpha value is -3.25. The number of aliphatic hydroxyl groups is 1. The number of hydrogen-bond acceptors (Lipinski definition) is 7. The topological polar surface area (TPSA) is 103 Å². The molecule has 1 aliphatic heterocycles. The Labute approximate surface area is 210 Å². The second-order valence-corrected chi connectivity index (χ2v) is 10.2. The largest absolute Gasteiger partial charge is 0.433 e. The fraction of sp³-hybridized carbons (Fsp3) is 0.417. The second-order valence-electron chi connectivity index (χ2n) is 9.13. The van der Waals surface area contributed by atoms with Crippen LogP contribution in [-0.2, 0) is 11.8 Å². The van der Waals surface area contributed by atoms with E-state index in [9.17, 15) is 23.1 Å². The van der Waals surface area contributed by atoms with Crippen LogP contribution >= 0.6 is 11.3 Å². The number of piperidine rings is 1. The van der Waals surface area contributed by atoms with E-state index in [-0.39, 0.29) is 18.0 Å². The number of urea groups is 1. The molecule has 1 saturated heterocycles. The first-order chi connectivity index (χ1) is 16.9. The highest BCUT2D eigenvalue weighted by atomic mass is 32.1. The molecule has 192 valence electrons. The number of anilines is 2. The normalized spacial score (nSPS) is 15.7. The zero-order valence-corrected chi connectivity index (χ0v) is 20.9. The van der Waals surface area contributed by atoms with Gasteiger partial charge in [-0.1, -0.05) is 6.07 Å². The molecule has 4 rings (SSSR count). The summed E-state index contributed by atoms with van der Waals surface area (Å²) in [5.41, 5.74) is 0.0444. The summed E-state index contributed by atoms with van der Waals surface area (Å²) in [4.78, 5) is 26.7. The van der Waals surface area contributed by atoms with E-state index >= 15 is 0 Å². The van der Waals surface area contributed by atoms with Crippen LogP contribution in [0.1, 0.15) is 43.0 Å². The molecular formula is C24H27F3N6O2S. The molecule has 0 unspecified atom stereocenters. The second kappa shape index (κ2) is 10.0. The Morgan fingerprint density at radius 1 is 1.19 bits per heavy atom. The standard InChI is InChI=1S/C24H27F3N6O2S/c1-14(2)30-22(34)33-8-5-23(35,6-9-33)20-29-13-18(36-20)16-10-15(3)11-17(12-16)31-21-28-7-4-19(32-21)24(25,26)27/h4,7,10-14,35H,5-6,8-9H2,1-3H3,(H,30,34)(H,28,31,32). The van der Waals surface area contributed by atoms with E-state index in [1.807, 2.05) is 26.8 Å². The lowest BCUT2D eigenvalue weighted by atomic mass is 9.92. The Bertz CT molecular complexity index is 1240. The van der Waals surface area contributed by atoms with Crippen LogP contribution < -0.4 is 10.6 Å². The van der Waals surface area contributed by atoms with E-state index in [1.54, 1.807) is 23.2 Å². The molecular weight excluding hydrogens is 493 g/mol. The van der Waals surface area contributed by atoms with E-state index in [1.165, 1.54) is 11.3 Å². The number of benzene rings is 1. The maximum absolute atomic E-state index is 13.0. The fourth-order valence-electron chi connectivity index (χ4n) is 3.96. The summed E-state index contributed by atoms with van der Waals surface area (Å²) in [7, 11) is 0. The summed E-state index contributed by atoms with van der Waals surface area (Å²) >= 11 is 1.35. The van der Waals surface area contributed by atoms with Crippen LogP contribution in [-0.4, -0.2) is 50.1 Å². The summed E-state index contributed by atoms with van der Waals surface area (Å²) in [6, 6.07) is 6.19. The van der Waals surface area contributed by atoms with E-state index < -0.39 is 17.5 Å². The number of thiazole rings is 1. The molecule has 0 saturated carbocycles. The molecule has 1 aromatic carbocycles. The molecule has 0 spiro atoms. The molecule has 0 aliphatic carbocycles. The SMILES string of the molecule is Cc1cc(Nc2nccc(C(F)(F)F)n2)cc(-c2cnc(C3(O)CCN(C(=O)NC(C)C)CC3)s2)c1. The summed E-state index contributed by atoms with van der Waals surface area (Å²) in [6.45, 7) is 6.50. The monoisotopic (exact) mass is 520 g/mol. The molecule has 2 aromatic heterocycles. The van der Waals surface area contributed by atoms with Crippen molar-refractivity contribution in [1.82, 2.24) is 25.2 Å².